The third kappa shape index (κ3) is 2.29. The van der Waals surface area contributed by atoms with Crippen molar-refractivity contribution < 1.29 is 5.11 Å². The summed E-state index contributed by atoms with van der Waals surface area (Å²) in [5.74, 6) is 0.971. The molecule has 0 spiro atoms. The molecule has 1 unspecified atom stereocenters. The smallest absolute Gasteiger partial charge is 0.133 e. The van der Waals surface area contributed by atoms with Crippen molar-refractivity contribution in [2.24, 2.45) is 0 Å². The molecule has 0 saturated carbocycles. The number of aliphatic hydroxyl groups is 1. The van der Waals surface area contributed by atoms with Gasteiger partial charge in [-0.05, 0) is 44.4 Å². The molecule has 2 aromatic rings. The topological polar surface area (TPSA) is 36.4 Å². The number of para-hydroxylation sites is 1. The van der Waals surface area contributed by atoms with Crippen molar-refractivity contribution in [2.45, 2.75) is 32.8 Å². The van der Waals surface area contributed by atoms with Gasteiger partial charge in [0.05, 0.1) is 6.10 Å². The predicted molar refractivity (Wildman–Crippen MR) is 81.4 cm³/mol. The highest BCUT2D eigenvalue weighted by Gasteiger charge is 2.19. The van der Waals surface area contributed by atoms with Crippen LogP contribution in [0.5, 0.6) is 0 Å². The van der Waals surface area contributed by atoms with Crippen molar-refractivity contribution in [2.75, 3.05) is 11.4 Å². The molecule has 1 atom stereocenters. The minimum Gasteiger partial charge on any atom is -0.389 e. The van der Waals surface area contributed by atoms with Gasteiger partial charge in [-0.2, -0.15) is 0 Å². The van der Waals surface area contributed by atoms with E-state index in [0.717, 1.165) is 36.5 Å². The zero-order valence-electron chi connectivity index (χ0n) is 12.0. The highest BCUT2D eigenvalue weighted by Crippen LogP contribution is 2.33. The SMILES string of the molecule is Cc1nc(N2CCCc3ccccc32)ccc1C(C)O. The van der Waals surface area contributed by atoms with E-state index >= 15 is 0 Å². The third-order valence-corrected chi connectivity index (χ3v) is 3.95. The standard InChI is InChI=1S/C17H20N2O/c1-12-15(13(2)20)9-10-17(18-12)19-11-5-7-14-6-3-4-8-16(14)19/h3-4,6,8-10,13,20H,5,7,11H2,1-2H3. The summed E-state index contributed by atoms with van der Waals surface area (Å²) in [6.07, 6.45) is 1.82. The van der Waals surface area contributed by atoms with E-state index in [2.05, 4.69) is 34.1 Å². The molecule has 2 heterocycles. The lowest BCUT2D eigenvalue weighted by Crippen LogP contribution is -2.25. The number of benzene rings is 1. The Bertz CT molecular complexity index is 622. The number of anilines is 2. The van der Waals surface area contributed by atoms with Gasteiger partial charge in [0.25, 0.3) is 0 Å². The van der Waals surface area contributed by atoms with Crippen molar-refractivity contribution in [3.8, 4) is 0 Å². The van der Waals surface area contributed by atoms with E-state index in [4.69, 9.17) is 0 Å². The van der Waals surface area contributed by atoms with Gasteiger partial charge in [-0.25, -0.2) is 4.98 Å². The summed E-state index contributed by atoms with van der Waals surface area (Å²) in [5, 5.41) is 9.71. The van der Waals surface area contributed by atoms with E-state index in [1.165, 1.54) is 11.3 Å². The molecular formula is C17H20N2O. The predicted octanol–water partition coefficient (Wildman–Crippen LogP) is 3.53. The molecule has 104 valence electrons. The van der Waals surface area contributed by atoms with Crippen molar-refractivity contribution in [3.63, 3.8) is 0 Å². The monoisotopic (exact) mass is 268 g/mol. The van der Waals surface area contributed by atoms with E-state index in [9.17, 15) is 5.11 Å². The Morgan fingerprint density at radius 1 is 1.20 bits per heavy atom. The summed E-state index contributed by atoms with van der Waals surface area (Å²) in [4.78, 5) is 6.96. The molecule has 1 aromatic carbocycles. The second-order valence-corrected chi connectivity index (χ2v) is 5.40. The number of aromatic nitrogens is 1. The van der Waals surface area contributed by atoms with Crippen LogP contribution in [0.4, 0.5) is 11.5 Å². The second kappa shape index (κ2) is 5.25. The van der Waals surface area contributed by atoms with Gasteiger partial charge in [0, 0.05) is 23.5 Å². The lowest BCUT2D eigenvalue weighted by molar-refractivity contribution is 0.198. The van der Waals surface area contributed by atoms with E-state index in [1.54, 1.807) is 6.92 Å². The Labute approximate surface area is 119 Å². The quantitative estimate of drug-likeness (QED) is 0.905. The number of hydrogen-bond donors (Lipinski definition) is 1. The second-order valence-electron chi connectivity index (χ2n) is 5.40. The lowest BCUT2D eigenvalue weighted by atomic mass is 10.0. The molecule has 0 fully saturated rings. The van der Waals surface area contributed by atoms with Crippen LogP contribution in [0.3, 0.4) is 0 Å². The highest BCUT2D eigenvalue weighted by atomic mass is 16.3. The fraction of sp³-hybridized carbons (Fsp3) is 0.353. The molecule has 3 heteroatoms. The molecule has 1 aromatic heterocycles. The lowest BCUT2D eigenvalue weighted by Gasteiger charge is -2.30. The average Bonchev–Trinajstić information content (AvgIpc) is 2.46. The molecule has 1 N–H and O–H groups in total. The maximum atomic E-state index is 9.71. The van der Waals surface area contributed by atoms with Crippen molar-refractivity contribution in [1.29, 1.82) is 0 Å². The van der Waals surface area contributed by atoms with E-state index in [1.807, 2.05) is 19.1 Å². The number of nitrogens with zero attached hydrogens (tertiary/aromatic N) is 2. The number of aryl methyl sites for hydroxylation is 2. The summed E-state index contributed by atoms with van der Waals surface area (Å²) in [6.45, 7) is 4.73. The van der Waals surface area contributed by atoms with Gasteiger partial charge in [0.15, 0.2) is 0 Å². The van der Waals surface area contributed by atoms with Gasteiger partial charge < -0.3 is 10.0 Å². The Kier molecular flexibility index (Phi) is 3.45. The van der Waals surface area contributed by atoms with Crippen molar-refractivity contribution in [3.05, 3.63) is 53.2 Å². The maximum absolute atomic E-state index is 9.71. The number of pyridine rings is 1. The molecule has 1 aliphatic rings. The van der Waals surface area contributed by atoms with Gasteiger partial charge in [-0.3, -0.25) is 0 Å². The molecule has 3 nitrogen and oxygen atoms in total. The molecule has 20 heavy (non-hydrogen) atoms. The first-order valence-electron chi connectivity index (χ1n) is 7.18. The number of aliphatic hydroxyl groups excluding tert-OH is 1. The number of hydrogen-bond acceptors (Lipinski definition) is 3. The van der Waals surface area contributed by atoms with Crippen molar-refractivity contribution in [1.82, 2.24) is 4.98 Å². The fourth-order valence-electron chi connectivity index (χ4n) is 2.92. The van der Waals surface area contributed by atoms with Crippen LogP contribution in [0.25, 0.3) is 0 Å². The normalized spacial score (nSPS) is 15.8. The van der Waals surface area contributed by atoms with Gasteiger partial charge in [-0.15, -0.1) is 0 Å². The minimum absolute atomic E-state index is 0.467. The van der Waals surface area contributed by atoms with Crippen LogP contribution < -0.4 is 4.90 Å². The first kappa shape index (κ1) is 13.1. The van der Waals surface area contributed by atoms with E-state index in [-0.39, 0.29) is 0 Å². The number of fused-ring (bicyclic) bond motifs is 1. The van der Waals surface area contributed by atoms with Crippen LogP contribution in [0, 0.1) is 6.92 Å². The minimum atomic E-state index is -0.467. The van der Waals surface area contributed by atoms with Gasteiger partial charge >= 0.3 is 0 Å². The van der Waals surface area contributed by atoms with Crippen LogP contribution in [-0.2, 0) is 6.42 Å². The summed E-state index contributed by atoms with van der Waals surface area (Å²) >= 11 is 0. The van der Waals surface area contributed by atoms with E-state index in [0.29, 0.717) is 0 Å². The largest absolute Gasteiger partial charge is 0.389 e. The van der Waals surface area contributed by atoms with Gasteiger partial charge in [0.1, 0.15) is 5.82 Å². The van der Waals surface area contributed by atoms with Gasteiger partial charge in [0.2, 0.25) is 0 Å². The first-order valence-corrected chi connectivity index (χ1v) is 7.18. The zero-order chi connectivity index (χ0) is 14.1. The number of rotatable bonds is 2. The summed E-state index contributed by atoms with van der Waals surface area (Å²) in [7, 11) is 0. The van der Waals surface area contributed by atoms with Crippen LogP contribution >= 0.6 is 0 Å². The molecular weight excluding hydrogens is 248 g/mol. The molecule has 3 rings (SSSR count). The van der Waals surface area contributed by atoms with Crippen molar-refractivity contribution >= 4 is 11.5 Å². The van der Waals surface area contributed by atoms with E-state index < -0.39 is 6.10 Å². The van der Waals surface area contributed by atoms with Gasteiger partial charge in [-0.1, -0.05) is 24.3 Å². The fourth-order valence-corrected chi connectivity index (χ4v) is 2.92. The molecule has 1 aliphatic heterocycles. The Morgan fingerprint density at radius 2 is 2.00 bits per heavy atom. The zero-order valence-corrected chi connectivity index (χ0v) is 12.0. The Hall–Kier alpha value is -1.87. The molecule has 0 amide bonds. The summed E-state index contributed by atoms with van der Waals surface area (Å²) < 4.78 is 0. The van der Waals surface area contributed by atoms with Crippen LogP contribution in [-0.4, -0.2) is 16.6 Å². The first-order chi connectivity index (χ1) is 9.66. The summed E-state index contributed by atoms with van der Waals surface area (Å²) in [5.41, 5.74) is 4.45. The third-order valence-electron chi connectivity index (χ3n) is 3.95. The molecule has 0 aliphatic carbocycles. The maximum Gasteiger partial charge on any atom is 0.133 e. The summed E-state index contributed by atoms with van der Waals surface area (Å²) in [6, 6.07) is 12.5. The van der Waals surface area contributed by atoms with Crippen LogP contribution in [0.1, 0.15) is 36.3 Å². The Morgan fingerprint density at radius 3 is 2.75 bits per heavy atom. The Balaban J connectivity index is 2.00. The highest BCUT2D eigenvalue weighted by molar-refractivity contribution is 5.65. The molecule has 0 bridgehead atoms. The van der Waals surface area contributed by atoms with Crippen LogP contribution in [0.15, 0.2) is 36.4 Å². The molecule has 0 saturated heterocycles. The van der Waals surface area contributed by atoms with Crippen LogP contribution in [0.2, 0.25) is 0 Å². The average molecular weight is 268 g/mol. The molecule has 0 radical (unpaired) electrons.